The van der Waals surface area contributed by atoms with E-state index < -0.39 is 5.97 Å². The minimum Gasteiger partial charge on any atom is -0.432 e. The number of nitrogens with one attached hydrogen (secondary N) is 1. The van der Waals surface area contributed by atoms with Crippen molar-refractivity contribution in [2.24, 2.45) is 0 Å². The number of allylic oxidation sites excluding steroid dienone is 3. The minimum atomic E-state index is -1.07. The van der Waals surface area contributed by atoms with E-state index in [0.717, 1.165) is 37.2 Å². The molecule has 0 bridgehead atoms. The number of rotatable bonds is 6. The number of halogens is 1. The molecule has 170 valence electrons. The molecule has 1 aliphatic carbocycles. The number of ether oxygens (including phenoxy) is 1. The fraction of sp³-hybridized carbons (Fsp3) is 0.200. The Bertz CT molecular complexity index is 1300. The summed E-state index contributed by atoms with van der Waals surface area (Å²) in [5.41, 5.74) is 2.94. The summed E-state index contributed by atoms with van der Waals surface area (Å²) in [6, 6.07) is 8.36. The first-order chi connectivity index (χ1) is 16.6. The van der Waals surface area contributed by atoms with E-state index in [1.54, 1.807) is 24.4 Å². The van der Waals surface area contributed by atoms with Crippen LogP contribution in [0.1, 0.15) is 18.9 Å². The third-order valence-electron chi connectivity index (χ3n) is 5.71. The third-order valence-corrected chi connectivity index (χ3v) is 5.71. The van der Waals surface area contributed by atoms with Crippen LogP contribution in [0.25, 0.3) is 22.6 Å². The van der Waals surface area contributed by atoms with Gasteiger partial charge in [-0.2, -0.15) is 9.78 Å². The van der Waals surface area contributed by atoms with Crippen LogP contribution in [0, 0.1) is 11.9 Å². The number of piperidine rings is 1. The van der Waals surface area contributed by atoms with E-state index in [0.29, 0.717) is 17.1 Å². The number of aliphatic carboxylic acids is 1. The Hall–Kier alpha value is -4.20. The maximum atomic E-state index is 13.5. The summed E-state index contributed by atoms with van der Waals surface area (Å²) in [5, 5.41) is 12.4. The van der Waals surface area contributed by atoms with Gasteiger partial charge in [-0.05, 0) is 56.3 Å². The lowest BCUT2D eigenvalue weighted by molar-refractivity contribution is -0.132. The van der Waals surface area contributed by atoms with Crippen LogP contribution in [0.3, 0.4) is 0 Å². The average Bonchev–Trinajstić information content (AvgIpc) is 3.31. The molecule has 1 saturated heterocycles. The topological polar surface area (TPSA) is 102 Å². The van der Waals surface area contributed by atoms with Crippen molar-refractivity contribution in [3.8, 4) is 28.7 Å². The Morgan fingerprint density at radius 1 is 1.15 bits per heavy atom. The van der Waals surface area contributed by atoms with Crippen LogP contribution in [0.2, 0.25) is 0 Å². The SMILES string of the molecule is O=C(O)C1=[C+]C=C(Oc2nccc(-c3c(-c4ccc(F)cc4)ncn3C3CCNCC3)n2)C=C1. The van der Waals surface area contributed by atoms with Crippen LogP contribution < -0.4 is 10.1 Å². The van der Waals surface area contributed by atoms with E-state index >= 15 is 0 Å². The van der Waals surface area contributed by atoms with Gasteiger partial charge in [-0.15, -0.1) is 0 Å². The molecule has 9 heteroatoms. The van der Waals surface area contributed by atoms with Crippen LogP contribution in [0.5, 0.6) is 6.01 Å². The minimum absolute atomic E-state index is 0.0387. The molecule has 34 heavy (non-hydrogen) atoms. The molecule has 8 nitrogen and oxygen atoms in total. The molecule has 1 fully saturated rings. The number of hydrogen-bond acceptors (Lipinski definition) is 6. The number of carboxylic acid groups (broad SMARTS) is 1. The van der Waals surface area contributed by atoms with Gasteiger partial charge >= 0.3 is 12.0 Å². The second-order valence-electron chi connectivity index (χ2n) is 7.91. The van der Waals surface area contributed by atoms with Crippen LogP contribution in [0.4, 0.5) is 4.39 Å². The van der Waals surface area contributed by atoms with Gasteiger partial charge in [-0.3, -0.25) is 0 Å². The van der Waals surface area contributed by atoms with Gasteiger partial charge in [0.25, 0.3) is 0 Å². The average molecular weight is 458 g/mol. The van der Waals surface area contributed by atoms with Crippen molar-refractivity contribution in [2.45, 2.75) is 18.9 Å². The van der Waals surface area contributed by atoms with Crippen molar-refractivity contribution in [3.05, 3.63) is 84.3 Å². The highest BCUT2D eigenvalue weighted by Gasteiger charge is 2.24. The summed E-state index contributed by atoms with van der Waals surface area (Å²) in [5.74, 6) is -1.01. The molecule has 0 saturated carbocycles. The molecule has 0 atom stereocenters. The molecule has 0 spiro atoms. The molecule has 1 aromatic carbocycles. The van der Waals surface area contributed by atoms with Crippen LogP contribution in [-0.2, 0) is 4.79 Å². The van der Waals surface area contributed by atoms with Gasteiger partial charge in [-0.1, -0.05) is 0 Å². The smallest absolute Gasteiger partial charge is 0.429 e. The van der Waals surface area contributed by atoms with Gasteiger partial charge in [-0.25, -0.2) is 14.4 Å². The van der Waals surface area contributed by atoms with E-state index in [1.165, 1.54) is 30.4 Å². The first-order valence-corrected chi connectivity index (χ1v) is 10.9. The lowest BCUT2D eigenvalue weighted by Gasteiger charge is -2.25. The summed E-state index contributed by atoms with van der Waals surface area (Å²) in [4.78, 5) is 24.5. The van der Waals surface area contributed by atoms with E-state index in [2.05, 4.69) is 30.9 Å². The Morgan fingerprint density at radius 2 is 1.94 bits per heavy atom. The van der Waals surface area contributed by atoms with Gasteiger partial charge in [0.15, 0.2) is 0 Å². The molecule has 2 aromatic heterocycles. The molecule has 2 N–H and O–H groups in total. The molecule has 0 radical (unpaired) electrons. The number of nitrogens with zero attached hydrogens (tertiary/aromatic N) is 4. The van der Waals surface area contributed by atoms with Crippen molar-refractivity contribution in [3.63, 3.8) is 0 Å². The maximum absolute atomic E-state index is 13.5. The number of imidazole rings is 1. The van der Waals surface area contributed by atoms with Gasteiger partial charge in [0.05, 0.1) is 35.6 Å². The number of aromatic nitrogens is 4. The molecule has 5 rings (SSSR count). The van der Waals surface area contributed by atoms with Crippen molar-refractivity contribution >= 4 is 5.97 Å². The Balaban J connectivity index is 1.52. The molecule has 2 aliphatic rings. The van der Waals surface area contributed by atoms with Crippen molar-refractivity contribution in [1.29, 1.82) is 0 Å². The Kier molecular flexibility index (Phi) is 5.95. The van der Waals surface area contributed by atoms with Crippen molar-refractivity contribution in [1.82, 2.24) is 24.8 Å². The lowest BCUT2D eigenvalue weighted by atomic mass is 10.0. The summed E-state index contributed by atoms with van der Waals surface area (Å²) < 4.78 is 21.4. The summed E-state index contributed by atoms with van der Waals surface area (Å²) >= 11 is 0. The predicted octanol–water partition coefficient (Wildman–Crippen LogP) is 3.72. The molecular formula is C25H21FN5O3+. The van der Waals surface area contributed by atoms with Gasteiger partial charge in [0, 0.05) is 23.9 Å². The van der Waals surface area contributed by atoms with Gasteiger partial charge in [0.1, 0.15) is 11.9 Å². The summed E-state index contributed by atoms with van der Waals surface area (Å²) in [6.45, 7) is 1.82. The predicted molar refractivity (Wildman–Crippen MR) is 122 cm³/mol. The van der Waals surface area contributed by atoms with Gasteiger partial charge < -0.3 is 19.7 Å². The highest BCUT2D eigenvalue weighted by atomic mass is 19.1. The molecule has 0 unspecified atom stereocenters. The quantitative estimate of drug-likeness (QED) is 0.543. The summed E-state index contributed by atoms with van der Waals surface area (Å²) in [7, 11) is 0. The molecular weight excluding hydrogens is 437 g/mol. The van der Waals surface area contributed by atoms with Crippen molar-refractivity contribution < 1.29 is 19.0 Å². The fourth-order valence-electron chi connectivity index (χ4n) is 4.03. The van der Waals surface area contributed by atoms with Crippen molar-refractivity contribution in [2.75, 3.05) is 13.1 Å². The largest absolute Gasteiger partial charge is 0.432 e. The van der Waals surface area contributed by atoms with E-state index in [4.69, 9.17) is 9.84 Å². The van der Waals surface area contributed by atoms with E-state index in [1.807, 2.05) is 6.33 Å². The molecule has 1 aliphatic heterocycles. The normalized spacial score (nSPS) is 15.9. The highest BCUT2D eigenvalue weighted by Crippen LogP contribution is 2.35. The maximum Gasteiger partial charge on any atom is 0.429 e. The number of carbonyl (C=O) groups is 1. The zero-order valence-corrected chi connectivity index (χ0v) is 18.1. The third kappa shape index (κ3) is 4.47. The van der Waals surface area contributed by atoms with E-state index in [9.17, 15) is 9.18 Å². The Morgan fingerprint density at radius 3 is 2.65 bits per heavy atom. The van der Waals surface area contributed by atoms with Crippen LogP contribution >= 0.6 is 0 Å². The molecule has 3 heterocycles. The molecule has 0 amide bonds. The second-order valence-corrected chi connectivity index (χ2v) is 7.91. The van der Waals surface area contributed by atoms with Crippen LogP contribution in [0.15, 0.2) is 72.4 Å². The zero-order valence-electron chi connectivity index (χ0n) is 18.1. The first-order valence-electron chi connectivity index (χ1n) is 10.9. The highest BCUT2D eigenvalue weighted by molar-refractivity contribution is 5.90. The molecule has 3 aromatic rings. The van der Waals surface area contributed by atoms with E-state index in [-0.39, 0.29) is 23.4 Å². The zero-order chi connectivity index (χ0) is 23.5. The standard InChI is InChI=1S/C25H20FN5O3/c26-18-5-1-16(2-6-18)22-23(31(15-29-22)19-9-12-27-13-10-19)21-11-14-28-25(30-21)34-20-7-3-17(4-8-20)24(32)33/h1-3,5-8,11,14-15,19,27H,9-10,12-13H2/p+1. The lowest BCUT2D eigenvalue weighted by Crippen LogP contribution is -2.29. The van der Waals surface area contributed by atoms with Crippen LogP contribution in [-0.4, -0.2) is 43.7 Å². The van der Waals surface area contributed by atoms with Gasteiger partial charge in [0.2, 0.25) is 11.3 Å². The second kappa shape index (κ2) is 9.35. The summed E-state index contributed by atoms with van der Waals surface area (Å²) in [6.07, 6.45) is 12.3. The first kappa shape index (κ1) is 21.6. The fourth-order valence-corrected chi connectivity index (χ4v) is 4.03. The number of hydrogen-bond donors (Lipinski definition) is 2. The number of benzene rings is 1. The monoisotopic (exact) mass is 458 g/mol. The number of carboxylic acids is 1. The Labute approximate surface area is 195 Å².